The number of thioether (sulfide) groups is 1. The third-order valence-electron chi connectivity index (χ3n) is 7.38. The molecule has 3 unspecified atom stereocenters. The molecule has 1 amide bonds. The van der Waals surface area contributed by atoms with Crippen LogP contribution in [0.2, 0.25) is 0 Å². The van der Waals surface area contributed by atoms with E-state index in [0.29, 0.717) is 6.42 Å². The van der Waals surface area contributed by atoms with E-state index in [-0.39, 0.29) is 34.6 Å². The molecule has 4 atom stereocenters. The van der Waals surface area contributed by atoms with Gasteiger partial charge >= 0.3 is 5.97 Å². The summed E-state index contributed by atoms with van der Waals surface area (Å²) in [5, 5.41) is 19.1. The van der Waals surface area contributed by atoms with Crippen molar-refractivity contribution in [1.82, 2.24) is 4.90 Å². The van der Waals surface area contributed by atoms with Gasteiger partial charge in [0.05, 0.1) is 36.7 Å². The van der Waals surface area contributed by atoms with Gasteiger partial charge in [-0.1, -0.05) is 0 Å². The molecule has 4 fully saturated rings. The fourth-order valence-electron chi connectivity index (χ4n) is 6.05. The zero-order valence-corrected chi connectivity index (χ0v) is 15.7. The van der Waals surface area contributed by atoms with Crippen LogP contribution >= 0.6 is 11.8 Å². The van der Waals surface area contributed by atoms with Gasteiger partial charge in [0.25, 0.3) is 0 Å². The molecule has 0 aromatic rings. The number of fused-ring (bicyclic) bond motifs is 1. The van der Waals surface area contributed by atoms with Crippen LogP contribution in [0.15, 0.2) is 0 Å². The number of aliphatic hydroxyl groups excluding tert-OH is 1. The van der Waals surface area contributed by atoms with Crippen molar-refractivity contribution < 1.29 is 24.3 Å². The van der Waals surface area contributed by atoms with Crippen molar-refractivity contribution in [1.29, 1.82) is 0 Å². The number of β-lactam (4-membered cyclic amide) rings is 1. The standard InChI is InChI=1S/C18H28N2O4S/c1-20(9-4-5-10-20)18(7-2-3-8-18)14-13(17(23)24)19-15(22)12(6-11-21)16(19)25-14/h12-14,16,21H,2-11H2,1H3/p+1/t12-,13?,14?,16?/m0/s1. The van der Waals surface area contributed by atoms with Crippen LogP contribution in [-0.4, -0.2) is 80.4 Å². The van der Waals surface area contributed by atoms with Crippen molar-refractivity contribution >= 4 is 23.6 Å². The lowest BCUT2D eigenvalue weighted by molar-refractivity contribution is -0.948. The number of amides is 1. The molecule has 1 aliphatic carbocycles. The number of carbonyl (C=O) groups is 2. The number of hydrogen-bond acceptors (Lipinski definition) is 4. The summed E-state index contributed by atoms with van der Waals surface area (Å²) in [6.45, 7) is 2.24. The van der Waals surface area contributed by atoms with Crippen LogP contribution in [0.3, 0.4) is 0 Å². The zero-order chi connectivity index (χ0) is 17.8. The Hall–Kier alpha value is -0.790. The van der Waals surface area contributed by atoms with Crippen molar-refractivity contribution in [3.8, 4) is 0 Å². The minimum Gasteiger partial charge on any atom is -0.480 e. The molecule has 2 N–H and O–H groups in total. The lowest BCUT2D eigenvalue weighted by Crippen LogP contribution is -2.68. The van der Waals surface area contributed by atoms with Gasteiger partial charge in [0.2, 0.25) is 5.91 Å². The average molecular weight is 370 g/mol. The monoisotopic (exact) mass is 369 g/mol. The van der Waals surface area contributed by atoms with E-state index in [4.69, 9.17) is 0 Å². The topological polar surface area (TPSA) is 77.8 Å². The number of carboxylic acids is 1. The fourth-order valence-corrected chi connectivity index (χ4v) is 8.30. The lowest BCUT2D eigenvalue weighted by Gasteiger charge is -2.51. The number of quaternary nitrogens is 1. The molecule has 4 rings (SSSR count). The molecule has 7 heteroatoms. The number of hydrogen-bond donors (Lipinski definition) is 2. The number of rotatable bonds is 5. The first-order valence-corrected chi connectivity index (χ1v) is 10.6. The van der Waals surface area contributed by atoms with Crippen molar-refractivity contribution in [2.75, 3.05) is 26.7 Å². The normalized spacial score (nSPS) is 38.6. The third-order valence-corrected chi connectivity index (χ3v) is 9.21. The Kier molecular flexibility index (Phi) is 4.32. The Balaban J connectivity index is 1.70. The molecule has 0 bridgehead atoms. The Morgan fingerprint density at radius 3 is 2.48 bits per heavy atom. The quantitative estimate of drug-likeness (QED) is 0.564. The van der Waals surface area contributed by atoms with Crippen molar-refractivity contribution in [3.63, 3.8) is 0 Å². The Labute approximate surface area is 153 Å². The van der Waals surface area contributed by atoms with Gasteiger partial charge < -0.3 is 19.6 Å². The number of likely N-dealkylation sites (tertiary alicyclic amines) is 1. The van der Waals surface area contributed by atoms with Gasteiger partial charge in [-0.3, -0.25) is 4.79 Å². The fraction of sp³-hybridized carbons (Fsp3) is 0.889. The summed E-state index contributed by atoms with van der Waals surface area (Å²) < 4.78 is 0.980. The molecule has 3 saturated heterocycles. The van der Waals surface area contributed by atoms with Crippen molar-refractivity contribution in [3.05, 3.63) is 0 Å². The summed E-state index contributed by atoms with van der Waals surface area (Å²) in [7, 11) is 2.32. The highest BCUT2D eigenvalue weighted by Crippen LogP contribution is 2.58. The van der Waals surface area contributed by atoms with E-state index in [2.05, 4.69) is 7.05 Å². The summed E-state index contributed by atoms with van der Waals surface area (Å²) in [6, 6.07) is -0.703. The van der Waals surface area contributed by atoms with E-state index < -0.39 is 12.0 Å². The summed E-state index contributed by atoms with van der Waals surface area (Å²) >= 11 is 1.73. The molecule has 0 aromatic carbocycles. The van der Waals surface area contributed by atoms with Crippen molar-refractivity contribution in [2.24, 2.45) is 5.92 Å². The first-order valence-electron chi connectivity index (χ1n) is 9.61. The molecule has 0 aromatic heterocycles. The minimum atomic E-state index is -0.854. The van der Waals surface area contributed by atoms with Crippen LogP contribution in [0, 0.1) is 5.92 Å². The lowest BCUT2D eigenvalue weighted by atomic mass is 9.82. The van der Waals surface area contributed by atoms with Gasteiger partial charge in [0, 0.05) is 32.3 Å². The molecule has 25 heavy (non-hydrogen) atoms. The number of carbonyl (C=O) groups excluding carboxylic acids is 1. The van der Waals surface area contributed by atoms with Gasteiger partial charge in [0.15, 0.2) is 0 Å². The summed E-state index contributed by atoms with van der Waals surface area (Å²) in [4.78, 5) is 26.3. The van der Waals surface area contributed by atoms with Gasteiger partial charge in [-0.15, -0.1) is 11.8 Å². The first kappa shape index (κ1) is 17.6. The minimum absolute atomic E-state index is 0.0113. The Morgan fingerprint density at radius 1 is 1.28 bits per heavy atom. The molecule has 0 spiro atoms. The van der Waals surface area contributed by atoms with E-state index in [1.54, 1.807) is 16.7 Å². The first-order chi connectivity index (χ1) is 12.0. The highest BCUT2D eigenvalue weighted by Gasteiger charge is 2.69. The second-order valence-electron chi connectivity index (χ2n) is 8.46. The summed E-state index contributed by atoms with van der Waals surface area (Å²) in [5.74, 6) is -1.13. The maximum atomic E-state index is 12.5. The van der Waals surface area contributed by atoms with Crippen LogP contribution in [0.25, 0.3) is 0 Å². The molecule has 0 radical (unpaired) electrons. The van der Waals surface area contributed by atoms with Crippen LogP contribution in [-0.2, 0) is 9.59 Å². The smallest absolute Gasteiger partial charge is 0.327 e. The van der Waals surface area contributed by atoms with E-state index in [0.717, 1.165) is 43.3 Å². The molecular formula is C18H29N2O4S+. The van der Waals surface area contributed by atoms with E-state index in [1.165, 1.54) is 12.8 Å². The highest BCUT2D eigenvalue weighted by molar-refractivity contribution is 8.01. The Morgan fingerprint density at radius 2 is 1.92 bits per heavy atom. The van der Waals surface area contributed by atoms with Crippen LogP contribution < -0.4 is 0 Å². The number of aliphatic carboxylic acids is 1. The second-order valence-corrected chi connectivity index (χ2v) is 9.72. The van der Waals surface area contributed by atoms with E-state index in [9.17, 15) is 19.8 Å². The van der Waals surface area contributed by atoms with Crippen LogP contribution in [0.4, 0.5) is 0 Å². The predicted octanol–water partition coefficient (Wildman–Crippen LogP) is 1.28. The number of nitrogens with zero attached hydrogens (tertiary/aromatic N) is 2. The largest absolute Gasteiger partial charge is 0.480 e. The van der Waals surface area contributed by atoms with Gasteiger partial charge in [-0.25, -0.2) is 4.79 Å². The SMILES string of the molecule is C[N+]1(C2(C3SC4[C@@H](CCO)C(=O)N4C3C(=O)O)CCCC2)CCCC1. The van der Waals surface area contributed by atoms with E-state index >= 15 is 0 Å². The zero-order valence-electron chi connectivity index (χ0n) is 14.9. The average Bonchev–Trinajstić information content (AvgIpc) is 3.29. The van der Waals surface area contributed by atoms with Crippen LogP contribution in [0.5, 0.6) is 0 Å². The number of carboxylic acid groups (broad SMARTS) is 1. The summed E-state index contributed by atoms with van der Waals surface area (Å²) in [5.41, 5.74) is -0.0222. The maximum absolute atomic E-state index is 12.5. The van der Waals surface area contributed by atoms with Crippen molar-refractivity contribution in [2.45, 2.75) is 67.2 Å². The Bertz CT molecular complexity index is 571. The van der Waals surface area contributed by atoms with Gasteiger partial charge in [-0.05, 0) is 19.3 Å². The third kappa shape index (κ3) is 2.31. The maximum Gasteiger partial charge on any atom is 0.327 e. The number of aliphatic hydroxyl groups is 1. The molecule has 140 valence electrons. The molecule has 4 aliphatic rings. The second kappa shape index (κ2) is 6.13. The molecule has 6 nitrogen and oxygen atoms in total. The van der Waals surface area contributed by atoms with E-state index in [1.807, 2.05) is 0 Å². The molecule has 3 aliphatic heterocycles. The molecule has 3 heterocycles. The van der Waals surface area contributed by atoms with Gasteiger partial charge in [0.1, 0.15) is 11.6 Å². The molecule has 1 saturated carbocycles. The van der Waals surface area contributed by atoms with Crippen LogP contribution in [0.1, 0.15) is 44.9 Å². The van der Waals surface area contributed by atoms with Gasteiger partial charge in [-0.2, -0.15) is 0 Å². The highest BCUT2D eigenvalue weighted by atomic mass is 32.2. The predicted molar refractivity (Wildman–Crippen MR) is 95.0 cm³/mol. The molecular weight excluding hydrogens is 340 g/mol. The summed E-state index contributed by atoms with van der Waals surface area (Å²) in [6.07, 6.45) is 7.35.